The Balaban J connectivity index is 1.53. The van der Waals surface area contributed by atoms with Crippen LogP contribution in [0.5, 0.6) is 11.5 Å². The van der Waals surface area contributed by atoms with Crippen molar-refractivity contribution < 1.29 is 27.8 Å². The maximum Gasteiger partial charge on any atom is 0.387 e. The highest BCUT2D eigenvalue weighted by Gasteiger charge is 2.16. The third kappa shape index (κ3) is 5.56. The van der Waals surface area contributed by atoms with Gasteiger partial charge >= 0.3 is 6.61 Å². The predicted octanol–water partition coefficient (Wildman–Crippen LogP) is 4.45. The largest absolute Gasteiger partial charge is 0.497 e. The molecule has 1 aromatic heterocycles. The SMILES string of the molecule is COc1ccc(-c2cc(NC(=O)c3ccc(N4CCOCC4)nc3)ccc2OC(F)F)cc1. The van der Waals surface area contributed by atoms with E-state index in [9.17, 15) is 13.6 Å². The van der Waals surface area contributed by atoms with Gasteiger partial charge in [-0.3, -0.25) is 4.79 Å². The highest BCUT2D eigenvalue weighted by Crippen LogP contribution is 2.34. The van der Waals surface area contributed by atoms with E-state index in [1.807, 2.05) is 0 Å². The van der Waals surface area contributed by atoms with Crippen LogP contribution in [0.15, 0.2) is 60.8 Å². The molecule has 0 unspecified atom stereocenters. The lowest BCUT2D eigenvalue weighted by atomic mass is 10.0. The van der Waals surface area contributed by atoms with Crippen molar-refractivity contribution in [3.63, 3.8) is 0 Å². The lowest BCUT2D eigenvalue weighted by Gasteiger charge is -2.27. The topological polar surface area (TPSA) is 72.9 Å². The highest BCUT2D eigenvalue weighted by atomic mass is 19.3. The number of carbonyl (C=O) groups excluding carboxylic acids is 1. The number of methoxy groups -OCH3 is 1. The number of ether oxygens (including phenoxy) is 3. The molecule has 7 nitrogen and oxygen atoms in total. The van der Waals surface area contributed by atoms with Gasteiger partial charge in [0.05, 0.1) is 25.9 Å². The molecule has 0 spiro atoms. The molecule has 9 heteroatoms. The molecule has 2 aromatic carbocycles. The van der Waals surface area contributed by atoms with Gasteiger partial charge < -0.3 is 24.4 Å². The average molecular weight is 455 g/mol. The van der Waals surface area contributed by atoms with Gasteiger partial charge in [-0.2, -0.15) is 8.78 Å². The molecule has 33 heavy (non-hydrogen) atoms. The lowest BCUT2D eigenvalue weighted by Crippen LogP contribution is -2.36. The Morgan fingerprint density at radius 2 is 1.85 bits per heavy atom. The molecule has 2 heterocycles. The first-order valence-electron chi connectivity index (χ1n) is 10.4. The number of rotatable bonds is 7. The van der Waals surface area contributed by atoms with Gasteiger partial charge in [-0.15, -0.1) is 0 Å². The average Bonchev–Trinajstić information content (AvgIpc) is 2.85. The minimum absolute atomic E-state index is 0.00435. The number of halogens is 2. The van der Waals surface area contributed by atoms with Gasteiger partial charge in [-0.25, -0.2) is 4.98 Å². The van der Waals surface area contributed by atoms with Crippen molar-refractivity contribution in [1.82, 2.24) is 4.98 Å². The second kappa shape index (κ2) is 10.3. The number of hydrogen-bond donors (Lipinski definition) is 1. The van der Waals surface area contributed by atoms with Gasteiger partial charge in [0.2, 0.25) is 0 Å². The fraction of sp³-hybridized carbons (Fsp3) is 0.250. The van der Waals surface area contributed by atoms with E-state index in [-0.39, 0.29) is 11.7 Å². The Morgan fingerprint density at radius 3 is 2.48 bits per heavy atom. The van der Waals surface area contributed by atoms with Crippen LogP contribution in [0.3, 0.4) is 0 Å². The smallest absolute Gasteiger partial charge is 0.387 e. The molecule has 0 aliphatic carbocycles. The van der Waals surface area contributed by atoms with Gasteiger partial charge in [-0.1, -0.05) is 12.1 Å². The number of morpholine rings is 1. The van der Waals surface area contributed by atoms with E-state index >= 15 is 0 Å². The summed E-state index contributed by atoms with van der Waals surface area (Å²) in [5, 5.41) is 2.79. The number of nitrogens with one attached hydrogen (secondary N) is 1. The van der Waals surface area contributed by atoms with E-state index in [0.717, 1.165) is 18.9 Å². The number of nitrogens with zero attached hydrogens (tertiary/aromatic N) is 2. The zero-order valence-corrected chi connectivity index (χ0v) is 18.0. The monoisotopic (exact) mass is 455 g/mol. The van der Waals surface area contributed by atoms with E-state index in [0.29, 0.717) is 41.3 Å². The summed E-state index contributed by atoms with van der Waals surface area (Å²) < 4.78 is 41.0. The van der Waals surface area contributed by atoms with E-state index in [1.165, 1.54) is 18.3 Å². The third-order valence-corrected chi connectivity index (χ3v) is 5.20. The molecule has 172 valence electrons. The Labute approximate surface area is 189 Å². The van der Waals surface area contributed by atoms with Crippen LogP contribution < -0.4 is 19.7 Å². The summed E-state index contributed by atoms with van der Waals surface area (Å²) in [6.45, 7) is -0.185. The Morgan fingerprint density at radius 1 is 1.09 bits per heavy atom. The molecule has 0 bridgehead atoms. The number of hydrogen-bond acceptors (Lipinski definition) is 6. The molecular formula is C24H23F2N3O4. The first-order valence-corrected chi connectivity index (χ1v) is 10.4. The second-order valence-corrected chi connectivity index (χ2v) is 7.28. The van der Waals surface area contributed by atoms with Crippen molar-refractivity contribution >= 4 is 17.4 Å². The van der Waals surface area contributed by atoms with Crippen LogP contribution in [0.25, 0.3) is 11.1 Å². The Kier molecular flexibility index (Phi) is 6.99. The van der Waals surface area contributed by atoms with Gasteiger partial charge in [0.15, 0.2) is 0 Å². The van der Waals surface area contributed by atoms with Crippen molar-refractivity contribution in [2.75, 3.05) is 43.6 Å². The lowest BCUT2D eigenvalue weighted by molar-refractivity contribution is -0.0494. The Hall–Kier alpha value is -3.72. The summed E-state index contributed by atoms with van der Waals surface area (Å²) in [5.74, 6) is 1.06. The van der Waals surface area contributed by atoms with E-state index in [1.54, 1.807) is 49.6 Å². The molecule has 4 rings (SSSR count). The summed E-state index contributed by atoms with van der Waals surface area (Å²) in [5.41, 5.74) is 1.87. The number of carbonyl (C=O) groups is 1. The van der Waals surface area contributed by atoms with Gasteiger partial charge in [0, 0.05) is 30.5 Å². The predicted molar refractivity (Wildman–Crippen MR) is 120 cm³/mol. The molecule has 1 aliphatic heterocycles. The standard InChI is InChI=1S/C24H23F2N3O4/c1-31-19-6-2-16(3-7-19)20-14-18(5-8-21(20)33-24(25)26)28-23(30)17-4-9-22(27-15-17)29-10-12-32-13-11-29/h2-9,14-15,24H,10-13H2,1H3,(H,28,30). The zero-order chi connectivity index (χ0) is 23.2. The summed E-state index contributed by atoms with van der Waals surface area (Å²) in [7, 11) is 1.54. The van der Waals surface area contributed by atoms with E-state index in [4.69, 9.17) is 9.47 Å². The Bertz CT molecular complexity index is 1090. The molecule has 0 saturated carbocycles. The molecule has 1 saturated heterocycles. The molecule has 1 N–H and O–H groups in total. The maximum absolute atomic E-state index is 12.9. The van der Waals surface area contributed by atoms with Crippen molar-refractivity contribution in [2.45, 2.75) is 6.61 Å². The third-order valence-electron chi connectivity index (χ3n) is 5.20. The van der Waals surface area contributed by atoms with Gasteiger partial charge in [0.25, 0.3) is 5.91 Å². The summed E-state index contributed by atoms with van der Waals surface area (Å²) >= 11 is 0. The molecule has 1 aliphatic rings. The van der Waals surface area contributed by atoms with Crippen molar-refractivity contribution in [3.05, 3.63) is 66.4 Å². The van der Waals surface area contributed by atoms with Crippen LogP contribution >= 0.6 is 0 Å². The number of amides is 1. The summed E-state index contributed by atoms with van der Waals surface area (Å²) in [6, 6.07) is 14.9. The highest BCUT2D eigenvalue weighted by molar-refractivity contribution is 6.04. The first-order chi connectivity index (χ1) is 16.0. The molecular weight excluding hydrogens is 432 g/mol. The van der Waals surface area contributed by atoms with Crippen molar-refractivity contribution in [3.8, 4) is 22.6 Å². The maximum atomic E-state index is 12.9. The normalized spacial score (nSPS) is 13.6. The van der Waals surface area contributed by atoms with Crippen molar-refractivity contribution in [1.29, 1.82) is 0 Å². The van der Waals surface area contributed by atoms with Crippen LogP contribution in [0.1, 0.15) is 10.4 Å². The second-order valence-electron chi connectivity index (χ2n) is 7.28. The quantitative estimate of drug-likeness (QED) is 0.568. The minimum Gasteiger partial charge on any atom is -0.497 e. The van der Waals surface area contributed by atoms with Crippen LogP contribution in [0, 0.1) is 0 Å². The first kappa shape index (κ1) is 22.5. The van der Waals surface area contributed by atoms with Crippen LogP contribution in [-0.4, -0.2) is 50.9 Å². The molecule has 1 fully saturated rings. The summed E-state index contributed by atoms with van der Waals surface area (Å²) in [6.07, 6.45) is 1.51. The molecule has 0 radical (unpaired) electrons. The fourth-order valence-corrected chi connectivity index (χ4v) is 3.51. The van der Waals surface area contributed by atoms with Gasteiger partial charge in [-0.05, 0) is 48.0 Å². The minimum atomic E-state index is -2.97. The van der Waals surface area contributed by atoms with E-state index in [2.05, 4.69) is 19.9 Å². The summed E-state index contributed by atoms with van der Waals surface area (Å²) in [4.78, 5) is 19.2. The van der Waals surface area contributed by atoms with Crippen molar-refractivity contribution in [2.24, 2.45) is 0 Å². The van der Waals surface area contributed by atoms with Crippen LogP contribution in [0.4, 0.5) is 20.3 Å². The number of alkyl halides is 2. The molecule has 0 atom stereocenters. The van der Waals surface area contributed by atoms with Gasteiger partial charge in [0.1, 0.15) is 17.3 Å². The fourth-order valence-electron chi connectivity index (χ4n) is 3.51. The molecule has 1 amide bonds. The number of pyridine rings is 1. The van der Waals surface area contributed by atoms with E-state index < -0.39 is 6.61 Å². The number of anilines is 2. The number of aromatic nitrogens is 1. The zero-order valence-electron chi connectivity index (χ0n) is 18.0. The molecule has 3 aromatic rings. The van der Waals surface area contributed by atoms with Crippen LogP contribution in [0.2, 0.25) is 0 Å². The van der Waals surface area contributed by atoms with Crippen LogP contribution in [-0.2, 0) is 4.74 Å². The number of benzene rings is 2.